The van der Waals surface area contributed by atoms with Crippen LogP contribution in [-0.2, 0) is 9.53 Å². The Balaban J connectivity index is 0.00000210. The molecule has 2 aliphatic rings. The molecule has 0 amide bonds. The number of benzene rings is 2. The Kier molecular flexibility index (Phi) is 6.46. The second-order valence-corrected chi connectivity index (χ2v) is 7.91. The van der Waals surface area contributed by atoms with E-state index < -0.39 is 5.92 Å². The van der Waals surface area contributed by atoms with E-state index >= 15 is 0 Å². The van der Waals surface area contributed by atoms with Crippen LogP contribution in [0.5, 0.6) is 0 Å². The molecule has 2 saturated heterocycles. The monoisotopic (exact) mass is 405 g/mol. The fraction of sp³-hybridized carbons (Fsp3) is 0.409. The Morgan fingerprint density at radius 1 is 1.00 bits per heavy atom. The van der Waals surface area contributed by atoms with Gasteiger partial charge in [-0.05, 0) is 56.0 Å². The molecule has 2 fully saturated rings. The largest absolute Gasteiger partial charge is 0.462 e. The van der Waals surface area contributed by atoms with Crippen molar-refractivity contribution in [3.8, 4) is 0 Å². The Labute approximate surface area is 172 Å². The average molecular weight is 406 g/mol. The maximum atomic E-state index is 13.1. The summed E-state index contributed by atoms with van der Waals surface area (Å²) < 4.78 is 6.02. The third kappa shape index (κ3) is 4.31. The zero-order valence-electron chi connectivity index (χ0n) is 15.4. The van der Waals surface area contributed by atoms with Crippen LogP contribution in [-0.4, -0.2) is 36.1 Å². The Morgan fingerprint density at radius 3 is 2.15 bits per heavy atom. The van der Waals surface area contributed by atoms with E-state index in [1.807, 2.05) is 54.6 Å². The molecule has 2 heterocycles. The van der Waals surface area contributed by atoms with Crippen molar-refractivity contribution in [2.45, 2.75) is 49.8 Å². The van der Waals surface area contributed by atoms with E-state index in [9.17, 15) is 4.79 Å². The number of fused-ring (bicyclic) bond motifs is 2. The van der Waals surface area contributed by atoms with E-state index in [4.69, 9.17) is 16.3 Å². The van der Waals surface area contributed by atoms with Crippen LogP contribution in [0.3, 0.4) is 0 Å². The van der Waals surface area contributed by atoms with Crippen molar-refractivity contribution in [3.05, 3.63) is 70.7 Å². The molecule has 0 aromatic heterocycles. The van der Waals surface area contributed by atoms with Crippen LogP contribution in [0.15, 0.2) is 54.6 Å². The fourth-order valence-corrected chi connectivity index (χ4v) is 4.58. The third-order valence-electron chi connectivity index (χ3n) is 5.91. The van der Waals surface area contributed by atoms with Gasteiger partial charge in [-0.3, -0.25) is 4.79 Å². The molecule has 3 atom stereocenters. The molecule has 2 aromatic carbocycles. The molecule has 2 bridgehead atoms. The zero-order chi connectivity index (χ0) is 18.1. The Bertz CT molecular complexity index is 752. The first-order chi connectivity index (χ1) is 12.6. The number of halogens is 2. The van der Waals surface area contributed by atoms with Gasteiger partial charge in [0.2, 0.25) is 0 Å². The lowest BCUT2D eigenvalue weighted by Crippen LogP contribution is -2.43. The van der Waals surface area contributed by atoms with E-state index in [0.717, 1.165) is 24.0 Å². The lowest BCUT2D eigenvalue weighted by atomic mass is 9.91. The van der Waals surface area contributed by atoms with Crippen molar-refractivity contribution in [2.24, 2.45) is 0 Å². The predicted molar refractivity (Wildman–Crippen MR) is 111 cm³/mol. The molecule has 2 aliphatic heterocycles. The van der Waals surface area contributed by atoms with Gasteiger partial charge in [0.25, 0.3) is 0 Å². The summed E-state index contributed by atoms with van der Waals surface area (Å²) in [5.41, 5.74) is 1.87. The number of hydrogen-bond acceptors (Lipinski definition) is 3. The predicted octanol–water partition coefficient (Wildman–Crippen LogP) is 5.06. The summed E-state index contributed by atoms with van der Waals surface area (Å²) in [7, 11) is 2.20. The van der Waals surface area contributed by atoms with Crippen LogP contribution >= 0.6 is 24.0 Å². The topological polar surface area (TPSA) is 29.5 Å². The van der Waals surface area contributed by atoms with Crippen LogP contribution in [0.4, 0.5) is 0 Å². The highest BCUT2D eigenvalue weighted by atomic mass is 35.5. The molecular weight excluding hydrogens is 381 g/mol. The molecule has 2 aromatic rings. The molecule has 0 aliphatic carbocycles. The maximum absolute atomic E-state index is 13.1. The summed E-state index contributed by atoms with van der Waals surface area (Å²) in [6.07, 6.45) is 4.35. The Morgan fingerprint density at radius 2 is 1.56 bits per heavy atom. The van der Waals surface area contributed by atoms with Gasteiger partial charge >= 0.3 is 5.97 Å². The summed E-state index contributed by atoms with van der Waals surface area (Å²) in [6, 6.07) is 18.4. The minimum atomic E-state index is -0.411. The molecule has 4 rings (SSSR count). The molecule has 3 nitrogen and oxygen atoms in total. The molecule has 0 N–H and O–H groups in total. The number of esters is 1. The SMILES string of the molecule is CN1C2CCC1CC(OC(=O)C(c1ccccc1)c1ccc(Cl)cc1)C2.Cl. The lowest BCUT2D eigenvalue weighted by molar-refractivity contribution is -0.153. The quantitative estimate of drug-likeness (QED) is 0.665. The summed E-state index contributed by atoms with van der Waals surface area (Å²) in [6.45, 7) is 0. The average Bonchev–Trinajstić information content (AvgIpc) is 2.85. The van der Waals surface area contributed by atoms with Crippen LogP contribution in [0.25, 0.3) is 0 Å². The minimum Gasteiger partial charge on any atom is -0.462 e. The molecular formula is C22H25Cl2NO2. The highest BCUT2D eigenvalue weighted by Gasteiger charge is 2.40. The highest BCUT2D eigenvalue weighted by molar-refractivity contribution is 6.30. The van der Waals surface area contributed by atoms with Gasteiger partial charge in [-0.1, -0.05) is 54.1 Å². The van der Waals surface area contributed by atoms with Gasteiger partial charge in [-0.15, -0.1) is 12.4 Å². The van der Waals surface area contributed by atoms with Crippen molar-refractivity contribution in [1.29, 1.82) is 0 Å². The van der Waals surface area contributed by atoms with Gasteiger partial charge in [-0.2, -0.15) is 0 Å². The number of carbonyl (C=O) groups is 1. The molecule has 0 radical (unpaired) electrons. The van der Waals surface area contributed by atoms with E-state index in [-0.39, 0.29) is 24.5 Å². The maximum Gasteiger partial charge on any atom is 0.318 e. The van der Waals surface area contributed by atoms with Crippen molar-refractivity contribution in [3.63, 3.8) is 0 Å². The fourth-order valence-electron chi connectivity index (χ4n) is 4.46. The third-order valence-corrected chi connectivity index (χ3v) is 6.16. The first-order valence-electron chi connectivity index (χ1n) is 9.34. The van der Waals surface area contributed by atoms with Crippen molar-refractivity contribution >= 4 is 30.0 Å². The van der Waals surface area contributed by atoms with E-state index in [1.54, 1.807) is 0 Å². The number of nitrogens with zero attached hydrogens (tertiary/aromatic N) is 1. The molecule has 27 heavy (non-hydrogen) atoms. The van der Waals surface area contributed by atoms with Crippen molar-refractivity contribution in [2.75, 3.05) is 7.05 Å². The normalized spacial score (nSPS) is 25.5. The van der Waals surface area contributed by atoms with E-state index in [1.165, 1.54) is 12.8 Å². The van der Waals surface area contributed by atoms with E-state index in [2.05, 4.69) is 11.9 Å². The summed E-state index contributed by atoms with van der Waals surface area (Å²) in [4.78, 5) is 15.6. The summed E-state index contributed by atoms with van der Waals surface area (Å²) in [5, 5.41) is 0.667. The van der Waals surface area contributed by atoms with Crippen LogP contribution in [0, 0.1) is 0 Å². The van der Waals surface area contributed by atoms with Crippen molar-refractivity contribution in [1.82, 2.24) is 4.90 Å². The smallest absolute Gasteiger partial charge is 0.318 e. The standard InChI is InChI=1S/C22H24ClNO2.ClH/c1-24-18-11-12-19(24)14-20(13-18)26-22(25)21(15-5-3-2-4-6-15)16-7-9-17(23)10-8-16;/h2-10,18-21H,11-14H2,1H3;1H. The highest BCUT2D eigenvalue weighted by Crippen LogP contribution is 2.36. The molecule has 3 unspecified atom stereocenters. The number of ether oxygens (including phenoxy) is 1. The lowest BCUT2D eigenvalue weighted by Gasteiger charge is -2.36. The molecule has 0 saturated carbocycles. The molecule has 5 heteroatoms. The van der Waals surface area contributed by atoms with Gasteiger partial charge in [0, 0.05) is 17.1 Å². The number of rotatable bonds is 4. The summed E-state index contributed by atoms with van der Waals surface area (Å²) in [5.74, 6) is -0.571. The first kappa shape index (κ1) is 20.2. The molecule has 0 spiro atoms. The summed E-state index contributed by atoms with van der Waals surface area (Å²) >= 11 is 6.03. The zero-order valence-corrected chi connectivity index (χ0v) is 17.0. The number of hydrogen-bond donors (Lipinski definition) is 0. The second kappa shape index (κ2) is 8.64. The van der Waals surface area contributed by atoms with Gasteiger partial charge in [0.1, 0.15) is 12.0 Å². The van der Waals surface area contributed by atoms with Gasteiger partial charge < -0.3 is 9.64 Å². The molecule has 144 valence electrons. The minimum absolute atomic E-state index is 0. The van der Waals surface area contributed by atoms with Crippen LogP contribution in [0.1, 0.15) is 42.7 Å². The Hall–Kier alpha value is -1.55. The van der Waals surface area contributed by atoms with Crippen LogP contribution in [0.2, 0.25) is 5.02 Å². The first-order valence-corrected chi connectivity index (χ1v) is 9.72. The number of carbonyl (C=O) groups excluding carboxylic acids is 1. The van der Waals surface area contributed by atoms with E-state index in [0.29, 0.717) is 17.1 Å². The van der Waals surface area contributed by atoms with Gasteiger partial charge in [0.15, 0.2) is 0 Å². The van der Waals surface area contributed by atoms with Gasteiger partial charge in [-0.25, -0.2) is 0 Å². The number of piperidine rings is 1. The van der Waals surface area contributed by atoms with Gasteiger partial charge in [0.05, 0.1) is 0 Å². The van der Waals surface area contributed by atoms with Crippen molar-refractivity contribution < 1.29 is 9.53 Å². The van der Waals surface area contributed by atoms with Crippen LogP contribution < -0.4 is 0 Å². The second-order valence-electron chi connectivity index (χ2n) is 7.48.